The highest BCUT2D eigenvalue weighted by Crippen LogP contribution is 2.38. The molecule has 1 aromatic rings. The second-order valence-corrected chi connectivity index (χ2v) is 5.44. The normalized spacial score (nSPS) is 26.3. The summed E-state index contributed by atoms with van der Waals surface area (Å²) in [6.45, 7) is 3.95. The number of rotatable bonds is 6. The first-order valence-electron chi connectivity index (χ1n) is 7.06. The fourth-order valence-corrected chi connectivity index (χ4v) is 2.61. The molecule has 0 amide bonds. The molecule has 2 fully saturated rings. The van der Waals surface area contributed by atoms with Crippen LogP contribution >= 0.6 is 0 Å². The van der Waals surface area contributed by atoms with Gasteiger partial charge in [-0.3, -0.25) is 9.69 Å². The monoisotopic (exact) mass is 281 g/mol. The molecule has 2 heterocycles. The number of ether oxygens (including phenoxy) is 1. The Morgan fingerprint density at radius 1 is 1.45 bits per heavy atom. The van der Waals surface area contributed by atoms with E-state index in [1.165, 1.54) is 0 Å². The van der Waals surface area contributed by atoms with Gasteiger partial charge in [-0.1, -0.05) is 12.1 Å². The average molecular weight is 281 g/mol. The van der Waals surface area contributed by atoms with Crippen molar-refractivity contribution in [2.24, 2.45) is 5.92 Å². The maximum absolute atomic E-state index is 11.2. The number of hydrogen-bond acceptors (Lipinski definition) is 6. The van der Waals surface area contributed by atoms with Gasteiger partial charge in [-0.15, -0.1) is 0 Å². The van der Waals surface area contributed by atoms with Gasteiger partial charge < -0.3 is 14.4 Å². The van der Waals surface area contributed by atoms with Crippen molar-refractivity contribution in [3.8, 4) is 0 Å². The van der Waals surface area contributed by atoms with Crippen molar-refractivity contribution in [2.45, 2.75) is 38.3 Å². The summed E-state index contributed by atoms with van der Waals surface area (Å²) >= 11 is 0. The number of aromatic nitrogens is 2. The summed E-state index contributed by atoms with van der Waals surface area (Å²) < 4.78 is 10.6. The average Bonchev–Trinajstić information content (AvgIpc) is 2.99. The Balaban J connectivity index is 1.67. The third-order valence-electron chi connectivity index (χ3n) is 4.00. The molecule has 1 saturated heterocycles. The minimum absolute atomic E-state index is 0.125. The molecule has 0 aromatic carbocycles. The Labute approximate surface area is 116 Å². The maximum Gasteiger partial charge on any atom is 0.310 e. The van der Waals surface area contributed by atoms with Crippen molar-refractivity contribution in [3.63, 3.8) is 0 Å². The van der Waals surface area contributed by atoms with Crippen LogP contribution in [0.3, 0.4) is 0 Å². The van der Waals surface area contributed by atoms with Gasteiger partial charge in [-0.25, -0.2) is 0 Å². The summed E-state index contributed by atoms with van der Waals surface area (Å²) in [5, 5.41) is 13.2. The third-order valence-corrected chi connectivity index (χ3v) is 4.00. The highest BCUT2D eigenvalue weighted by molar-refractivity contribution is 5.71. The number of aliphatic carboxylic acids is 1. The summed E-state index contributed by atoms with van der Waals surface area (Å²) in [6.07, 6.45) is 2.24. The van der Waals surface area contributed by atoms with Gasteiger partial charge in [-0.05, 0) is 19.4 Å². The smallest absolute Gasteiger partial charge is 0.310 e. The molecule has 3 rings (SSSR count). The lowest BCUT2D eigenvalue weighted by Crippen LogP contribution is -2.42. The lowest BCUT2D eigenvalue weighted by atomic mass is 10.0. The molecule has 2 unspecified atom stereocenters. The first-order valence-corrected chi connectivity index (χ1v) is 7.06. The topological polar surface area (TPSA) is 88.7 Å². The van der Waals surface area contributed by atoms with E-state index in [1.807, 2.05) is 11.8 Å². The molecule has 1 aliphatic heterocycles. The molecule has 1 saturated carbocycles. The minimum Gasteiger partial charge on any atom is -0.481 e. The van der Waals surface area contributed by atoms with E-state index in [4.69, 9.17) is 9.26 Å². The van der Waals surface area contributed by atoms with Gasteiger partial charge >= 0.3 is 5.97 Å². The lowest BCUT2D eigenvalue weighted by Gasteiger charge is -2.27. The van der Waals surface area contributed by atoms with Crippen LogP contribution in [-0.4, -0.2) is 51.9 Å². The van der Waals surface area contributed by atoms with Crippen molar-refractivity contribution in [2.75, 3.05) is 19.8 Å². The van der Waals surface area contributed by atoms with E-state index in [9.17, 15) is 9.90 Å². The molecule has 110 valence electrons. The van der Waals surface area contributed by atoms with Crippen LogP contribution in [-0.2, 0) is 16.1 Å². The molecule has 2 atom stereocenters. The predicted octanol–water partition coefficient (Wildman–Crippen LogP) is 0.869. The van der Waals surface area contributed by atoms with Crippen LogP contribution in [0.5, 0.6) is 0 Å². The van der Waals surface area contributed by atoms with Crippen LogP contribution in [0, 0.1) is 5.92 Å². The lowest BCUT2D eigenvalue weighted by molar-refractivity contribution is -0.143. The van der Waals surface area contributed by atoms with Crippen molar-refractivity contribution in [1.29, 1.82) is 0 Å². The minimum atomic E-state index is -0.808. The molecule has 1 N–H and O–H groups in total. The largest absolute Gasteiger partial charge is 0.481 e. The molecule has 1 aromatic heterocycles. The fraction of sp³-hybridized carbons (Fsp3) is 0.769. The van der Waals surface area contributed by atoms with Crippen molar-refractivity contribution >= 4 is 5.97 Å². The Morgan fingerprint density at radius 2 is 2.25 bits per heavy atom. The molecule has 20 heavy (non-hydrogen) atoms. The summed E-state index contributed by atoms with van der Waals surface area (Å²) in [5.41, 5.74) is 0. The zero-order valence-corrected chi connectivity index (χ0v) is 11.5. The van der Waals surface area contributed by atoms with E-state index >= 15 is 0 Å². The Bertz CT molecular complexity index is 486. The quantitative estimate of drug-likeness (QED) is 0.827. The van der Waals surface area contributed by atoms with E-state index in [-0.39, 0.29) is 12.6 Å². The number of carboxylic acids is 1. The van der Waals surface area contributed by atoms with Crippen molar-refractivity contribution in [3.05, 3.63) is 11.7 Å². The summed E-state index contributed by atoms with van der Waals surface area (Å²) in [4.78, 5) is 17.7. The molecule has 0 spiro atoms. The van der Waals surface area contributed by atoms with Crippen molar-refractivity contribution < 1.29 is 19.2 Å². The Morgan fingerprint density at radius 3 is 2.90 bits per heavy atom. The third kappa shape index (κ3) is 2.69. The Kier molecular flexibility index (Phi) is 3.71. The zero-order valence-electron chi connectivity index (χ0n) is 11.5. The van der Waals surface area contributed by atoms with Gasteiger partial charge in [0, 0.05) is 12.0 Å². The van der Waals surface area contributed by atoms with Gasteiger partial charge in [0.25, 0.3) is 0 Å². The van der Waals surface area contributed by atoms with Crippen LogP contribution in [0.2, 0.25) is 0 Å². The first-order chi connectivity index (χ1) is 9.69. The highest BCUT2D eigenvalue weighted by atomic mass is 16.5. The van der Waals surface area contributed by atoms with E-state index < -0.39 is 11.9 Å². The number of carbonyl (C=O) groups is 1. The molecule has 0 radical (unpaired) electrons. The SMILES string of the molecule is CCN(Cc1noc(C2CC2)n1)C1COCC1C(=O)O. The van der Waals surface area contributed by atoms with E-state index in [0.29, 0.717) is 30.8 Å². The van der Waals surface area contributed by atoms with Crippen LogP contribution in [0.15, 0.2) is 4.52 Å². The van der Waals surface area contributed by atoms with Gasteiger partial charge in [0.1, 0.15) is 0 Å². The second-order valence-electron chi connectivity index (χ2n) is 5.44. The number of carboxylic acid groups (broad SMARTS) is 1. The highest BCUT2D eigenvalue weighted by Gasteiger charge is 2.38. The summed E-state index contributed by atoms with van der Waals surface area (Å²) in [6, 6.07) is -0.125. The summed E-state index contributed by atoms with van der Waals surface area (Å²) in [5.74, 6) is 0.494. The molecule has 1 aliphatic carbocycles. The molecular weight excluding hydrogens is 262 g/mol. The van der Waals surface area contributed by atoms with Crippen LogP contribution < -0.4 is 0 Å². The molecular formula is C13H19N3O4. The summed E-state index contributed by atoms with van der Waals surface area (Å²) in [7, 11) is 0. The molecule has 2 aliphatic rings. The Hall–Kier alpha value is -1.47. The van der Waals surface area contributed by atoms with Gasteiger partial charge in [0.05, 0.1) is 25.7 Å². The van der Waals surface area contributed by atoms with E-state index in [0.717, 1.165) is 19.4 Å². The van der Waals surface area contributed by atoms with Gasteiger partial charge in [-0.2, -0.15) is 4.98 Å². The van der Waals surface area contributed by atoms with E-state index in [2.05, 4.69) is 10.1 Å². The number of hydrogen-bond donors (Lipinski definition) is 1. The van der Waals surface area contributed by atoms with Crippen molar-refractivity contribution in [1.82, 2.24) is 15.0 Å². The number of likely N-dealkylation sites (N-methyl/N-ethyl adjacent to an activating group) is 1. The van der Waals surface area contributed by atoms with Gasteiger partial charge in [0.15, 0.2) is 5.82 Å². The predicted molar refractivity (Wildman–Crippen MR) is 68.1 cm³/mol. The second kappa shape index (κ2) is 5.49. The fourth-order valence-electron chi connectivity index (χ4n) is 2.61. The maximum atomic E-state index is 11.2. The molecule has 7 nitrogen and oxygen atoms in total. The molecule has 7 heteroatoms. The number of nitrogens with zero attached hydrogens (tertiary/aromatic N) is 3. The standard InChI is InChI=1S/C13H19N3O4/c1-2-16(10-7-19-6-9(10)13(17)18)5-11-14-12(20-15-11)8-3-4-8/h8-10H,2-7H2,1H3,(H,17,18). The van der Waals surface area contributed by atoms with Gasteiger partial charge in [0.2, 0.25) is 5.89 Å². The van der Waals surface area contributed by atoms with Crippen LogP contribution in [0.1, 0.15) is 37.4 Å². The zero-order chi connectivity index (χ0) is 14.1. The first kappa shape index (κ1) is 13.5. The molecule has 0 bridgehead atoms. The van der Waals surface area contributed by atoms with Crippen LogP contribution in [0.25, 0.3) is 0 Å². The van der Waals surface area contributed by atoms with E-state index in [1.54, 1.807) is 0 Å². The van der Waals surface area contributed by atoms with Crippen LogP contribution in [0.4, 0.5) is 0 Å².